The lowest BCUT2D eigenvalue weighted by Gasteiger charge is -2.16. The molecule has 0 saturated heterocycles. The molecule has 6 heteroatoms. The van der Waals surface area contributed by atoms with Gasteiger partial charge in [-0.1, -0.05) is 32.4 Å². The minimum atomic E-state index is -0.472. The predicted octanol–water partition coefficient (Wildman–Crippen LogP) is 1.90. The Labute approximate surface area is 111 Å². The smallest absolute Gasteiger partial charge is 0.273 e. The van der Waals surface area contributed by atoms with Gasteiger partial charge >= 0.3 is 0 Å². The van der Waals surface area contributed by atoms with E-state index in [1.54, 1.807) is 31.6 Å². The molecule has 0 aliphatic carbocycles. The van der Waals surface area contributed by atoms with Crippen LogP contribution in [0.4, 0.5) is 0 Å². The Morgan fingerprint density at radius 3 is 2.50 bits per heavy atom. The number of hydrogen-bond donors (Lipinski definition) is 1. The van der Waals surface area contributed by atoms with Crippen LogP contribution < -0.4 is 5.32 Å². The zero-order valence-corrected chi connectivity index (χ0v) is 11.8. The molecule has 0 aromatic carbocycles. The number of ketones is 1. The average Bonchev–Trinajstić information content (AvgIpc) is 2.65. The van der Waals surface area contributed by atoms with E-state index in [4.69, 9.17) is 11.6 Å². The van der Waals surface area contributed by atoms with Crippen LogP contribution in [-0.4, -0.2) is 28.0 Å². The number of amides is 1. The van der Waals surface area contributed by atoms with Crippen molar-refractivity contribution in [2.75, 3.05) is 6.54 Å². The number of Topliss-reactive ketones (excluding diaryl/α,β-unsaturated/α-hetero) is 1. The summed E-state index contributed by atoms with van der Waals surface area (Å²) in [7, 11) is 0. The first kappa shape index (κ1) is 14.7. The highest BCUT2D eigenvalue weighted by atomic mass is 35.5. The molecule has 100 valence electrons. The monoisotopic (exact) mass is 271 g/mol. The third kappa shape index (κ3) is 3.57. The third-order valence-corrected chi connectivity index (χ3v) is 2.78. The first-order chi connectivity index (χ1) is 8.25. The van der Waals surface area contributed by atoms with Gasteiger partial charge in [-0.2, -0.15) is 5.10 Å². The van der Waals surface area contributed by atoms with E-state index in [0.29, 0.717) is 6.54 Å². The second-order valence-corrected chi connectivity index (χ2v) is 5.44. The molecule has 0 radical (unpaired) electrons. The summed E-state index contributed by atoms with van der Waals surface area (Å²) >= 11 is 5.89. The van der Waals surface area contributed by atoms with E-state index < -0.39 is 11.3 Å². The zero-order valence-electron chi connectivity index (χ0n) is 11.1. The maximum absolute atomic E-state index is 11.8. The zero-order chi connectivity index (χ0) is 13.9. The molecule has 18 heavy (non-hydrogen) atoms. The Morgan fingerprint density at radius 2 is 2.06 bits per heavy atom. The fourth-order valence-corrected chi connectivity index (χ4v) is 1.46. The van der Waals surface area contributed by atoms with E-state index in [9.17, 15) is 9.59 Å². The van der Waals surface area contributed by atoms with E-state index in [0.717, 1.165) is 0 Å². The summed E-state index contributed by atoms with van der Waals surface area (Å²) in [6.45, 7) is 7.93. The Morgan fingerprint density at radius 1 is 1.44 bits per heavy atom. The standard InChI is InChI=1S/C12H18ClN3O2/c1-5-16-7-8(13)10(15-16)11(18)14-6-9(17)12(2,3)4/h7H,5-6H2,1-4H3,(H,14,18). The average molecular weight is 272 g/mol. The number of halogens is 1. The largest absolute Gasteiger partial charge is 0.343 e. The maximum atomic E-state index is 11.8. The predicted molar refractivity (Wildman–Crippen MR) is 69.7 cm³/mol. The summed E-state index contributed by atoms with van der Waals surface area (Å²) in [5, 5.41) is 6.85. The first-order valence-corrected chi connectivity index (χ1v) is 6.18. The number of hydrogen-bond acceptors (Lipinski definition) is 3. The fraction of sp³-hybridized carbons (Fsp3) is 0.583. The molecule has 1 aromatic heterocycles. The SMILES string of the molecule is CCn1cc(Cl)c(C(=O)NCC(=O)C(C)(C)C)n1. The molecule has 0 aliphatic rings. The Hall–Kier alpha value is -1.36. The molecule has 1 heterocycles. The third-order valence-electron chi connectivity index (χ3n) is 2.50. The van der Waals surface area contributed by atoms with Gasteiger partial charge in [0.15, 0.2) is 11.5 Å². The molecule has 1 N–H and O–H groups in total. The van der Waals surface area contributed by atoms with Crippen molar-refractivity contribution in [3.8, 4) is 0 Å². The summed E-state index contributed by atoms with van der Waals surface area (Å²) in [4.78, 5) is 23.5. The number of aromatic nitrogens is 2. The highest BCUT2D eigenvalue weighted by molar-refractivity contribution is 6.33. The van der Waals surface area contributed by atoms with E-state index in [1.165, 1.54) is 0 Å². The van der Waals surface area contributed by atoms with Gasteiger partial charge in [-0.3, -0.25) is 14.3 Å². The highest BCUT2D eigenvalue weighted by Crippen LogP contribution is 2.15. The van der Waals surface area contributed by atoms with Crippen molar-refractivity contribution in [3.63, 3.8) is 0 Å². The lowest BCUT2D eigenvalue weighted by molar-refractivity contribution is -0.125. The Bertz CT molecular complexity index is 460. The Kier molecular flexibility index (Phi) is 4.51. The lowest BCUT2D eigenvalue weighted by Crippen LogP contribution is -2.35. The van der Waals surface area contributed by atoms with Crippen molar-refractivity contribution in [1.29, 1.82) is 0 Å². The molecule has 1 rings (SSSR count). The van der Waals surface area contributed by atoms with Crippen LogP contribution in [-0.2, 0) is 11.3 Å². The van der Waals surface area contributed by atoms with Crippen molar-refractivity contribution >= 4 is 23.3 Å². The number of carbonyl (C=O) groups is 2. The number of nitrogens with one attached hydrogen (secondary N) is 1. The van der Waals surface area contributed by atoms with Crippen LogP contribution in [0, 0.1) is 5.41 Å². The number of rotatable bonds is 4. The van der Waals surface area contributed by atoms with Crippen molar-refractivity contribution in [2.45, 2.75) is 34.2 Å². The van der Waals surface area contributed by atoms with Gasteiger partial charge in [0.05, 0.1) is 11.6 Å². The van der Waals surface area contributed by atoms with Gasteiger partial charge in [0.2, 0.25) is 0 Å². The van der Waals surface area contributed by atoms with Gasteiger partial charge in [0, 0.05) is 18.2 Å². The van der Waals surface area contributed by atoms with Crippen LogP contribution in [0.1, 0.15) is 38.2 Å². The fourth-order valence-electron chi connectivity index (χ4n) is 1.22. The number of aryl methyl sites for hydroxylation is 1. The van der Waals surface area contributed by atoms with Crippen molar-refractivity contribution < 1.29 is 9.59 Å². The minimum absolute atomic E-state index is 0.0162. The molecule has 5 nitrogen and oxygen atoms in total. The van der Waals surface area contributed by atoms with Crippen LogP contribution in [0.15, 0.2) is 6.20 Å². The Balaban J connectivity index is 2.66. The molecule has 0 unspecified atom stereocenters. The molecule has 1 aromatic rings. The molecular weight excluding hydrogens is 254 g/mol. The van der Waals surface area contributed by atoms with Crippen LogP contribution in [0.5, 0.6) is 0 Å². The van der Waals surface area contributed by atoms with Crippen molar-refractivity contribution in [3.05, 3.63) is 16.9 Å². The number of nitrogens with zero attached hydrogens (tertiary/aromatic N) is 2. The first-order valence-electron chi connectivity index (χ1n) is 5.80. The van der Waals surface area contributed by atoms with Crippen molar-refractivity contribution in [1.82, 2.24) is 15.1 Å². The maximum Gasteiger partial charge on any atom is 0.273 e. The summed E-state index contributed by atoms with van der Waals surface area (Å²) in [6.07, 6.45) is 1.59. The molecule has 0 spiro atoms. The normalized spacial score (nSPS) is 11.4. The molecule has 1 amide bonds. The quantitative estimate of drug-likeness (QED) is 0.910. The van der Waals surface area contributed by atoms with Crippen LogP contribution >= 0.6 is 11.6 Å². The molecular formula is C12H18ClN3O2. The van der Waals surface area contributed by atoms with Gasteiger partial charge in [0.25, 0.3) is 5.91 Å². The molecule has 0 fully saturated rings. The summed E-state index contributed by atoms with van der Waals surface area (Å²) < 4.78 is 1.57. The van der Waals surface area contributed by atoms with Gasteiger partial charge in [-0.15, -0.1) is 0 Å². The summed E-state index contributed by atoms with van der Waals surface area (Å²) in [6, 6.07) is 0. The van der Waals surface area contributed by atoms with E-state index in [2.05, 4.69) is 10.4 Å². The summed E-state index contributed by atoms with van der Waals surface area (Å²) in [5.74, 6) is -0.466. The molecule has 0 saturated carbocycles. The van der Waals surface area contributed by atoms with Gasteiger partial charge in [0.1, 0.15) is 0 Å². The van der Waals surface area contributed by atoms with Crippen LogP contribution in [0.2, 0.25) is 5.02 Å². The lowest BCUT2D eigenvalue weighted by atomic mass is 9.91. The molecule has 0 bridgehead atoms. The second kappa shape index (κ2) is 5.52. The topological polar surface area (TPSA) is 64.0 Å². The van der Waals surface area contributed by atoms with Gasteiger partial charge in [-0.05, 0) is 6.92 Å². The minimum Gasteiger partial charge on any atom is -0.343 e. The van der Waals surface area contributed by atoms with Crippen LogP contribution in [0.25, 0.3) is 0 Å². The highest BCUT2D eigenvalue weighted by Gasteiger charge is 2.22. The molecule has 0 aliphatic heterocycles. The van der Waals surface area contributed by atoms with E-state index >= 15 is 0 Å². The van der Waals surface area contributed by atoms with Gasteiger partial charge in [-0.25, -0.2) is 0 Å². The second-order valence-electron chi connectivity index (χ2n) is 5.04. The van der Waals surface area contributed by atoms with Crippen molar-refractivity contribution in [2.24, 2.45) is 5.41 Å². The van der Waals surface area contributed by atoms with E-state index in [-0.39, 0.29) is 23.0 Å². The molecule has 0 atom stereocenters. The van der Waals surface area contributed by atoms with Gasteiger partial charge < -0.3 is 5.32 Å². The number of carbonyl (C=O) groups excluding carboxylic acids is 2. The summed E-state index contributed by atoms with van der Waals surface area (Å²) in [5.41, 5.74) is -0.319. The van der Waals surface area contributed by atoms with Crippen LogP contribution in [0.3, 0.4) is 0 Å². The van der Waals surface area contributed by atoms with E-state index in [1.807, 2.05) is 6.92 Å².